The number of non-ortho nitro benzene ring substituents is 1. The number of hydrogen-bond donors (Lipinski definition) is 0. The molecular weight excluding hydrogens is 277 g/mol. The fraction of sp³-hybridized carbons (Fsp3) is 0.133. The van der Waals surface area contributed by atoms with Crippen molar-refractivity contribution in [2.24, 2.45) is 0 Å². The number of rotatable bonds is 5. The van der Waals surface area contributed by atoms with Crippen molar-refractivity contribution in [3.05, 3.63) is 69.5 Å². The summed E-state index contributed by atoms with van der Waals surface area (Å²) in [6.45, 7) is 1.38. The van der Waals surface area contributed by atoms with Crippen molar-refractivity contribution in [2.75, 3.05) is 6.61 Å². The summed E-state index contributed by atoms with van der Waals surface area (Å²) in [6, 6.07) is 9.47. The summed E-state index contributed by atoms with van der Waals surface area (Å²) >= 11 is 0. The molecule has 0 heterocycles. The normalized spacial score (nSPS) is 10.2. The van der Waals surface area contributed by atoms with Crippen LogP contribution in [0.5, 0.6) is 5.75 Å². The zero-order valence-corrected chi connectivity index (χ0v) is 11.2. The summed E-state index contributed by atoms with van der Waals surface area (Å²) in [6.07, 6.45) is 0. The van der Waals surface area contributed by atoms with E-state index in [4.69, 9.17) is 4.74 Å². The Morgan fingerprint density at radius 2 is 1.90 bits per heavy atom. The molecule has 0 atom stereocenters. The molecule has 2 aromatic carbocycles. The lowest BCUT2D eigenvalue weighted by molar-refractivity contribution is -0.384. The standard InChI is InChI=1S/C15H12FNO4/c1-10-8-13(6-7-14(10)16)21-9-15(18)11-2-4-12(5-3-11)17(19)20/h2-8H,9H2,1H3. The van der Waals surface area contributed by atoms with Gasteiger partial charge in [0.2, 0.25) is 0 Å². The lowest BCUT2D eigenvalue weighted by Gasteiger charge is -2.06. The van der Waals surface area contributed by atoms with Crippen LogP contribution in [0, 0.1) is 22.9 Å². The Morgan fingerprint density at radius 3 is 2.48 bits per heavy atom. The van der Waals surface area contributed by atoms with E-state index in [-0.39, 0.29) is 23.9 Å². The predicted molar refractivity (Wildman–Crippen MR) is 74.1 cm³/mol. The van der Waals surface area contributed by atoms with Gasteiger partial charge in [-0.15, -0.1) is 0 Å². The van der Waals surface area contributed by atoms with Crippen LogP contribution in [0.4, 0.5) is 10.1 Å². The van der Waals surface area contributed by atoms with Crippen molar-refractivity contribution in [1.82, 2.24) is 0 Å². The quantitative estimate of drug-likeness (QED) is 0.481. The van der Waals surface area contributed by atoms with Gasteiger partial charge in [-0.05, 0) is 42.8 Å². The Morgan fingerprint density at radius 1 is 1.24 bits per heavy atom. The van der Waals surface area contributed by atoms with Gasteiger partial charge in [0, 0.05) is 17.7 Å². The zero-order chi connectivity index (χ0) is 15.4. The van der Waals surface area contributed by atoms with Crippen LogP contribution < -0.4 is 4.74 Å². The van der Waals surface area contributed by atoms with Crippen molar-refractivity contribution >= 4 is 11.5 Å². The molecule has 0 unspecified atom stereocenters. The highest BCUT2D eigenvalue weighted by Gasteiger charge is 2.10. The van der Waals surface area contributed by atoms with Crippen molar-refractivity contribution in [2.45, 2.75) is 6.92 Å². The van der Waals surface area contributed by atoms with Crippen LogP contribution in [0.2, 0.25) is 0 Å². The van der Waals surface area contributed by atoms with E-state index in [1.807, 2.05) is 0 Å². The fourth-order valence-electron chi connectivity index (χ4n) is 1.71. The minimum absolute atomic E-state index is 0.0818. The number of ketones is 1. The van der Waals surface area contributed by atoms with E-state index in [1.54, 1.807) is 6.92 Å². The number of nitro groups is 1. The molecule has 0 saturated carbocycles. The van der Waals surface area contributed by atoms with Crippen LogP contribution in [-0.4, -0.2) is 17.3 Å². The number of benzene rings is 2. The molecular formula is C15H12FNO4. The second kappa shape index (κ2) is 6.13. The second-order valence-electron chi connectivity index (χ2n) is 4.43. The summed E-state index contributed by atoms with van der Waals surface area (Å²) in [7, 11) is 0. The molecule has 21 heavy (non-hydrogen) atoms. The van der Waals surface area contributed by atoms with E-state index in [9.17, 15) is 19.3 Å². The highest BCUT2D eigenvalue weighted by Crippen LogP contribution is 2.17. The maximum absolute atomic E-state index is 13.1. The fourth-order valence-corrected chi connectivity index (χ4v) is 1.71. The zero-order valence-electron chi connectivity index (χ0n) is 11.2. The maximum Gasteiger partial charge on any atom is 0.269 e. The largest absolute Gasteiger partial charge is 0.485 e. The molecule has 0 fully saturated rings. The molecule has 0 bridgehead atoms. The van der Waals surface area contributed by atoms with Crippen molar-refractivity contribution < 1.29 is 18.8 Å². The van der Waals surface area contributed by atoms with Crippen LogP contribution >= 0.6 is 0 Å². The maximum atomic E-state index is 13.1. The van der Waals surface area contributed by atoms with Gasteiger partial charge >= 0.3 is 0 Å². The van der Waals surface area contributed by atoms with Gasteiger partial charge in [0.05, 0.1) is 4.92 Å². The molecule has 0 saturated heterocycles. The third kappa shape index (κ3) is 3.62. The van der Waals surface area contributed by atoms with E-state index >= 15 is 0 Å². The highest BCUT2D eigenvalue weighted by molar-refractivity contribution is 5.97. The summed E-state index contributed by atoms with van der Waals surface area (Å²) < 4.78 is 18.4. The van der Waals surface area contributed by atoms with Gasteiger partial charge in [0.1, 0.15) is 11.6 Å². The van der Waals surface area contributed by atoms with Crippen LogP contribution in [0.1, 0.15) is 15.9 Å². The molecule has 0 radical (unpaired) electrons. The molecule has 2 aromatic rings. The molecule has 2 rings (SSSR count). The summed E-state index contributed by atoms with van der Waals surface area (Å²) in [5.41, 5.74) is 0.663. The van der Waals surface area contributed by atoms with E-state index in [0.29, 0.717) is 16.9 Å². The SMILES string of the molecule is Cc1cc(OCC(=O)c2ccc([N+](=O)[O-])cc2)ccc1F. The lowest BCUT2D eigenvalue weighted by atomic mass is 10.1. The average Bonchev–Trinajstić information content (AvgIpc) is 2.48. The molecule has 0 aromatic heterocycles. The Hall–Kier alpha value is -2.76. The third-order valence-electron chi connectivity index (χ3n) is 2.90. The van der Waals surface area contributed by atoms with Gasteiger partial charge in [-0.3, -0.25) is 14.9 Å². The number of hydrogen-bond acceptors (Lipinski definition) is 4. The number of halogens is 1. The number of Topliss-reactive ketones (excluding diaryl/α,β-unsaturated/α-hetero) is 1. The Labute approximate surface area is 120 Å². The van der Waals surface area contributed by atoms with Gasteiger partial charge < -0.3 is 4.74 Å². The van der Waals surface area contributed by atoms with Gasteiger partial charge in [0.15, 0.2) is 12.4 Å². The monoisotopic (exact) mass is 289 g/mol. The van der Waals surface area contributed by atoms with Gasteiger partial charge in [-0.2, -0.15) is 0 Å². The highest BCUT2D eigenvalue weighted by atomic mass is 19.1. The molecule has 108 valence electrons. The Kier molecular flexibility index (Phi) is 4.27. The smallest absolute Gasteiger partial charge is 0.269 e. The first kappa shape index (κ1) is 14.6. The van der Waals surface area contributed by atoms with E-state index in [2.05, 4.69) is 0 Å². The number of carbonyl (C=O) groups is 1. The molecule has 6 heteroatoms. The van der Waals surface area contributed by atoms with Gasteiger partial charge in [-0.25, -0.2) is 4.39 Å². The number of nitro benzene ring substituents is 1. The van der Waals surface area contributed by atoms with Crippen LogP contribution in [0.15, 0.2) is 42.5 Å². The molecule has 0 aliphatic heterocycles. The average molecular weight is 289 g/mol. The minimum atomic E-state index is -0.536. The molecule has 0 spiro atoms. The second-order valence-corrected chi connectivity index (χ2v) is 4.43. The topological polar surface area (TPSA) is 69.4 Å². The number of carbonyl (C=O) groups excluding carboxylic acids is 1. The summed E-state index contributed by atoms with van der Waals surface area (Å²) in [5, 5.41) is 10.5. The van der Waals surface area contributed by atoms with Gasteiger partial charge in [-0.1, -0.05) is 0 Å². The first-order valence-electron chi connectivity index (χ1n) is 6.14. The van der Waals surface area contributed by atoms with Crippen molar-refractivity contribution in [1.29, 1.82) is 0 Å². The minimum Gasteiger partial charge on any atom is -0.485 e. The first-order chi connectivity index (χ1) is 9.97. The Bertz CT molecular complexity index is 683. The molecule has 0 aliphatic carbocycles. The van der Waals surface area contributed by atoms with Crippen LogP contribution in [0.3, 0.4) is 0 Å². The summed E-state index contributed by atoms with van der Waals surface area (Å²) in [5.74, 6) is -0.264. The molecule has 5 nitrogen and oxygen atoms in total. The van der Waals surface area contributed by atoms with E-state index in [1.165, 1.54) is 42.5 Å². The van der Waals surface area contributed by atoms with E-state index in [0.717, 1.165) is 0 Å². The van der Waals surface area contributed by atoms with Crippen LogP contribution in [0.25, 0.3) is 0 Å². The molecule has 0 amide bonds. The number of ether oxygens (including phenoxy) is 1. The van der Waals surface area contributed by atoms with Gasteiger partial charge in [0.25, 0.3) is 5.69 Å². The van der Waals surface area contributed by atoms with Crippen molar-refractivity contribution in [3.63, 3.8) is 0 Å². The van der Waals surface area contributed by atoms with Crippen molar-refractivity contribution in [3.8, 4) is 5.75 Å². The third-order valence-corrected chi connectivity index (χ3v) is 2.90. The van der Waals surface area contributed by atoms with E-state index < -0.39 is 4.92 Å². The number of nitrogens with zero attached hydrogens (tertiary/aromatic N) is 1. The first-order valence-corrected chi connectivity index (χ1v) is 6.14. The number of aryl methyl sites for hydroxylation is 1. The Balaban J connectivity index is 2.01. The van der Waals surface area contributed by atoms with Crippen LogP contribution in [-0.2, 0) is 0 Å². The predicted octanol–water partition coefficient (Wildman–Crippen LogP) is 3.30. The molecule has 0 aliphatic rings. The summed E-state index contributed by atoms with van der Waals surface area (Å²) in [4.78, 5) is 21.9. The lowest BCUT2D eigenvalue weighted by Crippen LogP contribution is -2.11. The molecule has 0 N–H and O–H groups in total.